The summed E-state index contributed by atoms with van der Waals surface area (Å²) in [4.78, 5) is 38.5. The number of fused-ring (bicyclic) bond motifs is 1. The number of nitrogens with zero attached hydrogens (tertiary/aromatic N) is 10. The Hall–Kier alpha value is -5.81. The Morgan fingerprint density at radius 2 is 1.61 bits per heavy atom. The molecule has 4 aliphatic rings. The molecule has 0 radical (unpaired) electrons. The average Bonchev–Trinajstić information content (AvgIpc) is 3.89. The van der Waals surface area contributed by atoms with Crippen LogP contribution in [0.3, 0.4) is 0 Å². The van der Waals surface area contributed by atoms with Gasteiger partial charge in [-0.1, -0.05) is 12.1 Å². The molecule has 3 amide bonds. The molecule has 4 fully saturated rings. The maximum Gasteiger partial charge on any atom is 0.419 e. The molecule has 0 atom stereocenters. The summed E-state index contributed by atoms with van der Waals surface area (Å²) in [6.45, 7) is 3.66. The predicted molar refractivity (Wildman–Crippen MR) is 236 cm³/mol. The number of imide groups is 1. The number of sulfonamides is 1. The zero-order valence-electron chi connectivity index (χ0n) is 36.6. The molecule has 3 aromatic heterocycles. The van der Waals surface area contributed by atoms with E-state index in [2.05, 4.69) is 52.7 Å². The van der Waals surface area contributed by atoms with Crippen molar-refractivity contribution in [2.24, 2.45) is 13.0 Å². The Kier molecular flexibility index (Phi) is 12.7. The minimum absolute atomic E-state index is 0.135. The highest BCUT2D eigenvalue weighted by atomic mass is 32.2. The van der Waals surface area contributed by atoms with Gasteiger partial charge in [0, 0.05) is 87.8 Å². The number of benzene rings is 2. The second-order valence-electron chi connectivity index (χ2n) is 17.8. The normalized spacial score (nSPS) is 19.4. The fraction of sp³-hybridized carbons (Fsp3) is 0.500. The molecule has 9 rings (SSSR count). The smallest absolute Gasteiger partial charge is 0.371 e. The molecule has 2 aromatic carbocycles. The Morgan fingerprint density at radius 1 is 0.866 bits per heavy atom. The predicted octanol–water partition coefficient (Wildman–Crippen LogP) is 6.62. The van der Waals surface area contributed by atoms with E-state index in [1.165, 1.54) is 14.8 Å². The quantitative estimate of drug-likeness (QED) is 0.137. The number of piperidine rings is 3. The minimum Gasteiger partial charge on any atom is -0.371 e. The summed E-state index contributed by atoms with van der Waals surface area (Å²) in [5.41, 5.74) is 0.919. The number of rotatable bonds is 11. The van der Waals surface area contributed by atoms with Crippen LogP contribution in [0.25, 0.3) is 22.2 Å². The SMILES string of the molecule is Cn1nc(N2CCC(=O)NC2=O)c2ccc(C3CCN(CC4CCN(c5cccc(S(=O)(=O)N6CCC(Nc7ncc(C(F)(F)F)c(-c8cnn(CC(F)(F)F)c8)n7)CC6)c5)CC4)CC3)cc21. The van der Waals surface area contributed by atoms with E-state index in [0.29, 0.717) is 47.9 Å². The van der Waals surface area contributed by atoms with Gasteiger partial charge in [-0.2, -0.15) is 40.8 Å². The van der Waals surface area contributed by atoms with Crippen LogP contribution in [0, 0.1) is 5.92 Å². The number of hydrogen-bond donors (Lipinski definition) is 2. The summed E-state index contributed by atoms with van der Waals surface area (Å²) in [5.74, 6) is 1.02. The van der Waals surface area contributed by atoms with Crippen LogP contribution >= 0.6 is 0 Å². The van der Waals surface area contributed by atoms with Crippen LogP contribution < -0.4 is 20.4 Å². The Labute approximate surface area is 382 Å². The molecule has 4 saturated heterocycles. The standard InChI is InChI=1S/C44H50F6N12O4S/c1-57-37-21-30(5-6-35(37)40(56-57)62-20-13-38(63)54-42(62)64)29-9-14-58(15-10-29)25-28-7-16-59(17-8-28)33-3-2-4-34(22-33)67(65,66)61-18-11-32(12-19-61)53-41-51-24-36(44(48,49)50)39(55-41)31-23-52-60(26-31)27-43(45,46)47/h2-6,21-24,26,28-29,32H,7-20,25,27H2,1H3,(H,51,53,55)(H,54,63,64). The van der Waals surface area contributed by atoms with Gasteiger partial charge in [-0.25, -0.2) is 23.2 Å². The van der Waals surface area contributed by atoms with E-state index in [1.807, 2.05) is 19.2 Å². The first kappa shape index (κ1) is 46.3. The molecule has 358 valence electrons. The number of amides is 3. The Morgan fingerprint density at radius 3 is 2.31 bits per heavy atom. The van der Waals surface area contributed by atoms with E-state index >= 15 is 0 Å². The van der Waals surface area contributed by atoms with E-state index in [9.17, 15) is 44.3 Å². The number of alkyl halides is 6. The summed E-state index contributed by atoms with van der Waals surface area (Å²) >= 11 is 0. The van der Waals surface area contributed by atoms with Crippen molar-refractivity contribution in [2.75, 3.05) is 67.5 Å². The molecule has 23 heteroatoms. The first-order chi connectivity index (χ1) is 31.9. The van der Waals surface area contributed by atoms with Crippen molar-refractivity contribution in [2.45, 2.75) is 80.7 Å². The summed E-state index contributed by atoms with van der Waals surface area (Å²) in [5, 5.41) is 14.4. The van der Waals surface area contributed by atoms with E-state index in [0.717, 1.165) is 87.4 Å². The van der Waals surface area contributed by atoms with Crippen molar-refractivity contribution in [3.05, 3.63) is 72.2 Å². The molecular formula is C44H50F6N12O4S. The van der Waals surface area contributed by atoms with Crippen LogP contribution in [0.2, 0.25) is 0 Å². The Balaban J connectivity index is 0.751. The summed E-state index contributed by atoms with van der Waals surface area (Å²) in [6.07, 6.45) is -2.35. The van der Waals surface area contributed by atoms with Crippen LogP contribution in [0.5, 0.6) is 0 Å². The van der Waals surface area contributed by atoms with Gasteiger partial charge in [0.15, 0.2) is 5.82 Å². The van der Waals surface area contributed by atoms with Gasteiger partial charge in [-0.3, -0.25) is 24.4 Å². The highest BCUT2D eigenvalue weighted by Gasteiger charge is 2.38. The minimum atomic E-state index is -4.89. The van der Waals surface area contributed by atoms with E-state index < -0.39 is 46.2 Å². The molecule has 7 heterocycles. The van der Waals surface area contributed by atoms with Crippen LogP contribution in [0.4, 0.5) is 48.6 Å². The van der Waals surface area contributed by atoms with Crippen molar-refractivity contribution in [3.8, 4) is 11.3 Å². The number of nitrogens with one attached hydrogen (secondary N) is 2. The van der Waals surface area contributed by atoms with E-state index in [1.54, 1.807) is 22.9 Å². The fourth-order valence-electron chi connectivity index (χ4n) is 9.71. The van der Waals surface area contributed by atoms with Gasteiger partial charge in [0.25, 0.3) is 0 Å². The lowest BCUT2D eigenvalue weighted by molar-refractivity contribution is -0.142. The van der Waals surface area contributed by atoms with Crippen molar-refractivity contribution < 1.29 is 44.3 Å². The van der Waals surface area contributed by atoms with Gasteiger partial charge in [-0.15, -0.1) is 0 Å². The lowest BCUT2D eigenvalue weighted by Gasteiger charge is -2.38. The first-order valence-corrected chi connectivity index (χ1v) is 23.8. The molecule has 0 bridgehead atoms. The van der Waals surface area contributed by atoms with Crippen molar-refractivity contribution in [3.63, 3.8) is 0 Å². The number of hydrogen-bond acceptors (Lipinski definition) is 11. The number of anilines is 3. The molecule has 5 aromatic rings. The number of halogens is 6. The van der Waals surface area contributed by atoms with Gasteiger partial charge in [0.2, 0.25) is 21.9 Å². The molecule has 0 unspecified atom stereocenters. The van der Waals surface area contributed by atoms with Crippen LogP contribution in [0.15, 0.2) is 66.0 Å². The van der Waals surface area contributed by atoms with Crippen molar-refractivity contribution in [1.29, 1.82) is 0 Å². The average molecular weight is 957 g/mol. The molecule has 2 N–H and O–H groups in total. The van der Waals surface area contributed by atoms with Crippen LogP contribution in [0.1, 0.15) is 62.0 Å². The van der Waals surface area contributed by atoms with Gasteiger partial charge >= 0.3 is 18.4 Å². The number of likely N-dealkylation sites (tertiary alicyclic amines) is 1. The Bertz CT molecular complexity index is 2740. The highest BCUT2D eigenvalue weighted by molar-refractivity contribution is 7.89. The summed E-state index contributed by atoms with van der Waals surface area (Å²) < 4.78 is 112. The zero-order valence-corrected chi connectivity index (χ0v) is 37.4. The molecule has 67 heavy (non-hydrogen) atoms. The maximum absolute atomic E-state index is 13.9. The molecule has 4 aliphatic heterocycles. The maximum atomic E-state index is 13.9. The molecule has 0 aliphatic carbocycles. The molecule has 0 spiro atoms. The molecule has 0 saturated carbocycles. The summed E-state index contributed by atoms with van der Waals surface area (Å²) in [6, 6.07) is 12.5. The number of aromatic nitrogens is 6. The van der Waals surface area contributed by atoms with Gasteiger partial charge in [0.1, 0.15) is 12.1 Å². The third-order valence-corrected chi connectivity index (χ3v) is 15.2. The lowest BCUT2D eigenvalue weighted by Crippen LogP contribution is -2.49. The van der Waals surface area contributed by atoms with E-state index in [4.69, 9.17) is 0 Å². The molecular weight excluding hydrogens is 907 g/mol. The first-order valence-electron chi connectivity index (χ1n) is 22.3. The van der Waals surface area contributed by atoms with Crippen LogP contribution in [-0.4, -0.2) is 124 Å². The second kappa shape index (κ2) is 18.4. The second-order valence-corrected chi connectivity index (χ2v) is 19.7. The number of urea groups is 1. The third kappa shape index (κ3) is 10.2. The summed E-state index contributed by atoms with van der Waals surface area (Å²) in [7, 11) is -2.01. The number of carbonyl (C=O) groups excluding carboxylic acids is 2. The zero-order chi connectivity index (χ0) is 47.3. The van der Waals surface area contributed by atoms with Gasteiger partial charge in [0.05, 0.1) is 22.3 Å². The third-order valence-electron chi connectivity index (χ3n) is 13.3. The lowest BCUT2D eigenvalue weighted by atomic mass is 9.88. The fourth-order valence-corrected chi connectivity index (χ4v) is 11.2. The highest BCUT2D eigenvalue weighted by Crippen LogP contribution is 2.38. The largest absolute Gasteiger partial charge is 0.419 e. The molecule has 16 nitrogen and oxygen atoms in total. The number of aryl methyl sites for hydroxylation is 1. The van der Waals surface area contributed by atoms with Crippen molar-refractivity contribution in [1.82, 2.24) is 44.1 Å². The topological polar surface area (TPSA) is 167 Å². The van der Waals surface area contributed by atoms with Crippen LogP contribution in [-0.2, 0) is 34.6 Å². The van der Waals surface area contributed by atoms with Crippen molar-refractivity contribution >= 4 is 50.3 Å². The van der Waals surface area contributed by atoms with E-state index in [-0.39, 0.29) is 47.9 Å². The monoisotopic (exact) mass is 956 g/mol. The number of carbonyl (C=O) groups is 2. The van der Waals surface area contributed by atoms with Gasteiger partial charge in [-0.05, 0) is 99.3 Å². The van der Waals surface area contributed by atoms with Gasteiger partial charge < -0.3 is 15.1 Å².